The molecule has 31 heavy (non-hydrogen) atoms. The Morgan fingerprint density at radius 3 is 2.42 bits per heavy atom. The molecule has 1 saturated carbocycles. The van der Waals surface area contributed by atoms with Crippen molar-refractivity contribution in [2.24, 2.45) is 5.92 Å². The molecule has 2 aliphatic rings. The number of amides is 1. The van der Waals surface area contributed by atoms with E-state index in [1.54, 1.807) is 26.0 Å². The molecule has 2 aromatic heterocycles. The Bertz CT molecular complexity index is 980. The Morgan fingerprint density at radius 2 is 1.81 bits per heavy atom. The highest BCUT2D eigenvalue weighted by molar-refractivity contribution is 5.49. The van der Waals surface area contributed by atoms with Gasteiger partial charge in [0.05, 0.1) is 23.9 Å². The summed E-state index contributed by atoms with van der Waals surface area (Å²) in [6.45, 7) is 2.94. The van der Waals surface area contributed by atoms with Crippen LogP contribution in [0, 0.1) is 12.8 Å². The van der Waals surface area contributed by atoms with E-state index in [1.807, 2.05) is 0 Å². The smallest absolute Gasteiger partial charge is 0.338 e. The molecule has 1 aliphatic carbocycles. The first-order valence-electron chi connectivity index (χ1n) is 10.4. The van der Waals surface area contributed by atoms with Crippen molar-refractivity contribution in [1.29, 1.82) is 0 Å². The van der Waals surface area contributed by atoms with Crippen LogP contribution in [0.1, 0.15) is 62.0 Å². The standard InChI is InChI=1S/C21H25F5N4O/c1-13-7-17(19(2)9-20(22,23)11-29(10-19)12-31)30-18(27-13)8-16(28-30)14-3-5-15(6-4-14)21(24,25)26/h7-8,12,14-15H,3-6,9-11H2,1-2H3/t14-,15-,19?. The van der Waals surface area contributed by atoms with Crippen LogP contribution in [-0.4, -0.2) is 51.1 Å². The number of rotatable bonds is 3. The molecule has 2 aromatic rings. The van der Waals surface area contributed by atoms with Crippen LogP contribution in [0.4, 0.5) is 22.0 Å². The highest BCUT2D eigenvalue weighted by Gasteiger charge is 2.48. The minimum atomic E-state index is -4.18. The van der Waals surface area contributed by atoms with E-state index >= 15 is 0 Å². The Kier molecular flexibility index (Phi) is 5.25. The number of alkyl halides is 5. The van der Waals surface area contributed by atoms with Crippen molar-refractivity contribution in [3.63, 3.8) is 0 Å². The summed E-state index contributed by atoms with van der Waals surface area (Å²) in [6.07, 6.45) is -3.33. The molecular formula is C21H25F5N4O. The predicted octanol–water partition coefficient (Wildman–Crippen LogP) is 4.63. The molecule has 1 atom stereocenters. The van der Waals surface area contributed by atoms with E-state index in [0.29, 0.717) is 42.0 Å². The normalized spacial score (nSPS) is 29.3. The van der Waals surface area contributed by atoms with Crippen molar-refractivity contribution in [1.82, 2.24) is 19.5 Å². The molecule has 2 fully saturated rings. The van der Waals surface area contributed by atoms with Crippen molar-refractivity contribution < 1.29 is 26.7 Å². The average molecular weight is 444 g/mol. The highest BCUT2D eigenvalue weighted by atomic mass is 19.4. The second-order valence-corrected chi connectivity index (χ2v) is 9.32. The van der Waals surface area contributed by atoms with Gasteiger partial charge in [-0.15, -0.1) is 0 Å². The molecule has 5 nitrogen and oxygen atoms in total. The lowest BCUT2D eigenvalue weighted by molar-refractivity contribution is -0.182. The lowest BCUT2D eigenvalue weighted by Crippen LogP contribution is -2.53. The van der Waals surface area contributed by atoms with Crippen molar-refractivity contribution in [2.45, 2.75) is 69.4 Å². The fraction of sp³-hybridized carbons (Fsp3) is 0.667. The van der Waals surface area contributed by atoms with E-state index in [9.17, 15) is 26.7 Å². The molecule has 1 amide bonds. The van der Waals surface area contributed by atoms with Crippen molar-refractivity contribution >= 4 is 12.1 Å². The topological polar surface area (TPSA) is 50.5 Å². The van der Waals surface area contributed by atoms with Crippen LogP contribution in [0.3, 0.4) is 0 Å². The van der Waals surface area contributed by atoms with E-state index in [-0.39, 0.29) is 25.3 Å². The molecule has 10 heteroatoms. The van der Waals surface area contributed by atoms with Gasteiger partial charge >= 0.3 is 6.18 Å². The first-order chi connectivity index (χ1) is 14.4. The number of fused-ring (bicyclic) bond motifs is 1. The number of halogens is 5. The van der Waals surface area contributed by atoms with Gasteiger partial charge in [-0.3, -0.25) is 4.79 Å². The zero-order chi connectivity index (χ0) is 22.6. The number of likely N-dealkylation sites (tertiary alicyclic amines) is 1. The molecule has 1 aliphatic heterocycles. The molecule has 0 spiro atoms. The fourth-order valence-corrected chi connectivity index (χ4v) is 5.19. The zero-order valence-corrected chi connectivity index (χ0v) is 17.4. The van der Waals surface area contributed by atoms with Crippen LogP contribution < -0.4 is 0 Å². The average Bonchev–Trinajstić information content (AvgIpc) is 3.09. The number of hydrogen-bond acceptors (Lipinski definition) is 3. The van der Waals surface area contributed by atoms with Crippen molar-refractivity contribution in [3.8, 4) is 0 Å². The number of piperidine rings is 1. The van der Waals surface area contributed by atoms with Gasteiger partial charge in [0.25, 0.3) is 5.92 Å². The van der Waals surface area contributed by atoms with E-state index in [0.717, 1.165) is 4.90 Å². The minimum absolute atomic E-state index is 0.0551. The van der Waals surface area contributed by atoms with Gasteiger partial charge in [0.1, 0.15) is 0 Å². The zero-order valence-electron chi connectivity index (χ0n) is 17.4. The monoisotopic (exact) mass is 444 g/mol. The maximum atomic E-state index is 14.4. The van der Waals surface area contributed by atoms with E-state index in [1.165, 1.54) is 4.52 Å². The van der Waals surface area contributed by atoms with Gasteiger partial charge in [-0.1, -0.05) is 6.92 Å². The summed E-state index contributed by atoms with van der Waals surface area (Å²) < 4.78 is 69.3. The first kappa shape index (κ1) is 22.0. The van der Waals surface area contributed by atoms with Gasteiger partial charge in [0.2, 0.25) is 6.41 Å². The predicted molar refractivity (Wildman–Crippen MR) is 103 cm³/mol. The summed E-state index contributed by atoms with van der Waals surface area (Å²) in [4.78, 5) is 16.8. The van der Waals surface area contributed by atoms with Gasteiger partial charge in [-0.2, -0.15) is 18.3 Å². The number of hydrogen-bond donors (Lipinski definition) is 0. The molecule has 0 N–H and O–H groups in total. The van der Waals surface area contributed by atoms with Gasteiger partial charge < -0.3 is 4.90 Å². The molecule has 3 heterocycles. The Balaban J connectivity index is 1.69. The SMILES string of the molecule is Cc1cc(C2(C)CN(C=O)CC(F)(F)C2)n2nc([C@H]3CC[C@H](C(F)(F)F)CC3)cc2n1. The molecule has 4 rings (SSSR count). The molecule has 0 radical (unpaired) electrons. The van der Waals surface area contributed by atoms with Crippen LogP contribution in [0.25, 0.3) is 5.65 Å². The van der Waals surface area contributed by atoms with E-state index in [4.69, 9.17) is 0 Å². The molecule has 1 saturated heterocycles. The number of aromatic nitrogens is 3. The summed E-state index contributed by atoms with van der Waals surface area (Å²) in [7, 11) is 0. The summed E-state index contributed by atoms with van der Waals surface area (Å²) in [6, 6.07) is 3.45. The van der Waals surface area contributed by atoms with Crippen LogP contribution >= 0.6 is 0 Å². The maximum absolute atomic E-state index is 14.4. The molecule has 0 aromatic carbocycles. The van der Waals surface area contributed by atoms with E-state index in [2.05, 4.69) is 10.1 Å². The highest BCUT2D eigenvalue weighted by Crippen LogP contribution is 2.44. The molecule has 1 unspecified atom stereocenters. The summed E-state index contributed by atoms with van der Waals surface area (Å²) >= 11 is 0. The lowest BCUT2D eigenvalue weighted by atomic mass is 9.77. The third kappa shape index (κ3) is 4.25. The van der Waals surface area contributed by atoms with Crippen molar-refractivity contribution in [2.75, 3.05) is 13.1 Å². The van der Waals surface area contributed by atoms with Crippen molar-refractivity contribution in [3.05, 3.63) is 29.2 Å². The van der Waals surface area contributed by atoms with Crippen LogP contribution in [0.15, 0.2) is 12.1 Å². The quantitative estimate of drug-likeness (QED) is 0.513. The van der Waals surface area contributed by atoms with Crippen LogP contribution in [0.5, 0.6) is 0 Å². The van der Waals surface area contributed by atoms with Gasteiger partial charge in [-0.05, 0) is 38.7 Å². The minimum Gasteiger partial charge on any atom is -0.338 e. The molecule has 170 valence electrons. The van der Waals surface area contributed by atoms with Gasteiger partial charge in [0.15, 0.2) is 5.65 Å². The van der Waals surface area contributed by atoms with Crippen LogP contribution in [0.2, 0.25) is 0 Å². The number of carbonyl (C=O) groups is 1. The fourth-order valence-electron chi connectivity index (χ4n) is 5.19. The number of nitrogens with zero attached hydrogens (tertiary/aromatic N) is 4. The Hall–Kier alpha value is -2.26. The van der Waals surface area contributed by atoms with Gasteiger partial charge in [0, 0.05) is 36.1 Å². The third-order valence-electron chi connectivity index (χ3n) is 6.59. The van der Waals surface area contributed by atoms with Gasteiger partial charge in [-0.25, -0.2) is 18.3 Å². The number of aryl methyl sites for hydroxylation is 1. The summed E-state index contributed by atoms with van der Waals surface area (Å²) in [5.41, 5.74) is 1.22. The first-order valence-corrected chi connectivity index (χ1v) is 10.4. The Morgan fingerprint density at radius 1 is 1.13 bits per heavy atom. The third-order valence-corrected chi connectivity index (χ3v) is 6.59. The largest absolute Gasteiger partial charge is 0.391 e. The lowest BCUT2D eigenvalue weighted by Gasteiger charge is -2.42. The molecule has 0 bridgehead atoms. The second-order valence-electron chi connectivity index (χ2n) is 9.32. The number of carbonyl (C=O) groups excluding carboxylic acids is 1. The second kappa shape index (κ2) is 7.41. The summed E-state index contributed by atoms with van der Waals surface area (Å²) in [5.74, 6) is -4.45. The summed E-state index contributed by atoms with van der Waals surface area (Å²) in [5, 5.41) is 4.60. The molecular weight excluding hydrogens is 419 g/mol. The van der Waals surface area contributed by atoms with E-state index < -0.39 is 36.4 Å². The maximum Gasteiger partial charge on any atom is 0.391 e. The Labute approximate surface area is 176 Å². The van der Waals surface area contributed by atoms with Crippen LogP contribution in [-0.2, 0) is 10.2 Å².